The van der Waals surface area contributed by atoms with Crippen LogP contribution in [0.3, 0.4) is 0 Å². The number of rotatable bonds is 1. The van der Waals surface area contributed by atoms with Gasteiger partial charge in [-0.15, -0.1) is 0 Å². The van der Waals surface area contributed by atoms with Crippen LogP contribution in [-0.4, -0.2) is 25.7 Å². The second-order valence-corrected chi connectivity index (χ2v) is 6.39. The number of halogens is 1. The molecule has 2 heterocycles. The molecule has 1 saturated heterocycles. The molecule has 0 spiro atoms. The van der Waals surface area contributed by atoms with E-state index in [1.165, 1.54) is 23.2 Å². The van der Waals surface area contributed by atoms with Gasteiger partial charge in [0.05, 0.1) is 0 Å². The third-order valence-corrected chi connectivity index (χ3v) is 4.97. The van der Waals surface area contributed by atoms with Crippen LogP contribution in [-0.2, 0) is 6.42 Å². The molecule has 0 radical (unpaired) electrons. The minimum atomic E-state index is -0.166. The van der Waals surface area contributed by atoms with Gasteiger partial charge >= 0.3 is 0 Å². The van der Waals surface area contributed by atoms with Gasteiger partial charge in [-0.2, -0.15) is 0 Å². The Hall–Kier alpha value is -1.87. The first-order valence-corrected chi connectivity index (χ1v) is 8.09. The van der Waals surface area contributed by atoms with E-state index in [0.29, 0.717) is 6.04 Å². The molecular weight excluding hydrogens is 275 g/mol. The Morgan fingerprint density at radius 2 is 2.05 bits per heavy atom. The first-order chi connectivity index (χ1) is 10.7. The molecule has 0 bridgehead atoms. The average Bonchev–Trinajstić information content (AvgIpc) is 2.68. The van der Waals surface area contributed by atoms with E-state index in [1.807, 2.05) is 13.0 Å². The molecule has 114 valence electrons. The Morgan fingerprint density at radius 3 is 2.91 bits per heavy atom. The predicted octanol–water partition coefficient (Wildman–Crippen LogP) is 3.53. The Balaban J connectivity index is 1.74. The van der Waals surface area contributed by atoms with Gasteiger partial charge in [0.1, 0.15) is 5.82 Å². The van der Waals surface area contributed by atoms with E-state index in [1.54, 1.807) is 12.1 Å². The summed E-state index contributed by atoms with van der Waals surface area (Å²) in [5.74, 6) is -0.166. The number of fused-ring (bicyclic) bond motifs is 3. The highest BCUT2D eigenvalue weighted by molar-refractivity contribution is 5.74. The molecule has 2 aromatic carbocycles. The third-order valence-electron chi connectivity index (χ3n) is 4.97. The maximum absolute atomic E-state index is 13.3. The maximum Gasteiger partial charge on any atom is 0.123 e. The Labute approximate surface area is 131 Å². The largest absolute Gasteiger partial charge is 0.367 e. The lowest BCUT2D eigenvalue weighted by molar-refractivity contribution is 0.612. The van der Waals surface area contributed by atoms with Gasteiger partial charge in [0.15, 0.2) is 0 Å². The molecule has 0 amide bonds. The van der Waals surface area contributed by atoms with Crippen molar-refractivity contribution in [3.63, 3.8) is 0 Å². The Bertz CT molecular complexity index is 711. The van der Waals surface area contributed by atoms with E-state index in [2.05, 4.69) is 28.4 Å². The molecule has 1 fully saturated rings. The van der Waals surface area contributed by atoms with Gasteiger partial charge in [-0.3, -0.25) is 0 Å². The second kappa shape index (κ2) is 5.40. The van der Waals surface area contributed by atoms with Crippen molar-refractivity contribution in [3.8, 4) is 11.1 Å². The highest BCUT2D eigenvalue weighted by Gasteiger charge is 2.30. The Morgan fingerprint density at radius 1 is 1.14 bits per heavy atom. The van der Waals surface area contributed by atoms with Crippen LogP contribution < -0.4 is 10.2 Å². The van der Waals surface area contributed by atoms with Crippen molar-refractivity contribution < 1.29 is 4.39 Å². The zero-order valence-electron chi connectivity index (χ0n) is 12.9. The lowest BCUT2D eigenvalue weighted by Crippen LogP contribution is -2.32. The summed E-state index contributed by atoms with van der Waals surface area (Å²) in [6, 6.07) is 12.4. The van der Waals surface area contributed by atoms with Crippen LogP contribution >= 0.6 is 0 Å². The van der Waals surface area contributed by atoms with Crippen LogP contribution in [0.5, 0.6) is 0 Å². The minimum absolute atomic E-state index is 0.166. The number of anilines is 1. The first-order valence-electron chi connectivity index (χ1n) is 8.09. The van der Waals surface area contributed by atoms with Crippen molar-refractivity contribution in [2.24, 2.45) is 0 Å². The molecule has 2 nitrogen and oxygen atoms in total. The summed E-state index contributed by atoms with van der Waals surface area (Å²) in [5.41, 5.74) is 6.13. The molecule has 4 rings (SSSR count). The summed E-state index contributed by atoms with van der Waals surface area (Å²) in [6.45, 7) is 5.21. The molecular formula is C19H21FN2. The summed E-state index contributed by atoms with van der Waals surface area (Å²) >= 11 is 0. The van der Waals surface area contributed by atoms with Crippen LogP contribution in [0.4, 0.5) is 10.1 Å². The summed E-state index contributed by atoms with van der Waals surface area (Å²) < 4.78 is 13.3. The zero-order valence-corrected chi connectivity index (χ0v) is 12.9. The molecule has 0 aromatic heterocycles. The normalized spacial score (nSPS) is 20.5. The fourth-order valence-corrected chi connectivity index (χ4v) is 3.84. The molecule has 1 unspecified atom stereocenters. The van der Waals surface area contributed by atoms with E-state index >= 15 is 0 Å². The average molecular weight is 296 g/mol. The summed E-state index contributed by atoms with van der Waals surface area (Å²) in [4.78, 5) is 2.55. The highest BCUT2D eigenvalue weighted by Crippen LogP contribution is 2.37. The number of nitrogens with zero attached hydrogens (tertiary/aromatic N) is 1. The van der Waals surface area contributed by atoms with Gasteiger partial charge < -0.3 is 10.2 Å². The molecule has 0 aliphatic carbocycles. The van der Waals surface area contributed by atoms with Crippen molar-refractivity contribution in [2.45, 2.75) is 25.8 Å². The second-order valence-electron chi connectivity index (χ2n) is 6.39. The van der Waals surface area contributed by atoms with Gasteiger partial charge in [-0.1, -0.05) is 18.2 Å². The fraction of sp³-hybridized carbons (Fsp3) is 0.368. The van der Waals surface area contributed by atoms with Crippen LogP contribution in [0.2, 0.25) is 0 Å². The van der Waals surface area contributed by atoms with Crippen LogP contribution in [0.25, 0.3) is 11.1 Å². The number of hydrogen-bond acceptors (Lipinski definition) is 2. The lowest BCUT2D eigenvalue weighted by atomic mass is 9.98. The third kappa shape index (κ3) is 2.30. The molecule has 1 N–H and O–H groups in total. The SMILES string of the molecule is Cc1cc(F)ccc1-c1ccc2c(c1)N1CCNCCC1C2. The van der Waals surface area contributed by atoms with Crippen molar-refractivity contribution in [3.05, 3.63) is 53.3 Å². The first kappa shape index (κ1) is 13.8. The van der Waals surface area contributed by atoms with E-state index in [9.17, 15) is 4.39 Å². The molecule has 1 atom stereocenters. The van der Waals surface area contributed by atoms with Gasteiger partial charge in [0.2, 0.25) is 0 Å². The van der Waals surface area contributed by atoms with Gasteiger partial charge in [0, 0.05) is 24.8 Å². The Kier molecular flexibility index (Phi) is 3.38. The maximum atomic E-state index is 13.3. The number of aryl methyl sites for hydroxylation is 1. The number of hydrogen-bond donors (Lipinski definition) is 1. The topological polar surface area (TPSA) is 15.3 Å². The molecule has 2 aliphatic heterocycles. The highest BCUT2D eigenvalue weighted by atomic mass is 19.1. The van der Waals surface area contributed by atoms with Crippen molar-refractivity contribution >= 4 is 5.69 Å². The van der Waals surface area contributed by atoms with Crippen molar-refractivity contribution in [1.29, 1.82) is 0 Å². The fourth-order valence-electron chi connectivity index (χ4n) is 3.84. The van der Waals surface area contributed by atoms with Gasteiger partial charge in [-0.25, -0.2) is 4.39 Å². The number of nitrogens with one attached hydrogen (secondary N) is 1. The molecule has 22 heavy (non-hydrogen) atoms. The minimum Gasteiger partial charge on any atom is -0.367 e. The summed E-state index contributed by atoms with van der Waals surface area (Å²) in [7, 11) is 0. The standard InChI is InChI=1S/C19H21FN2/c1-13-10-16(20)4-5-18(13)14-2-3-15-11-17-6-7-21-8-9-22(17)19(15)12-14/h2-5,10,12,17,21H,6-9,11H2,1H3. The molecule has 2 aromatic rings. The quantitative estimate of drug-likeness (QED) is 0.866. The van der Waals surface area contributed by atoms with E-state index in [0.717, 1.165) is 37.2 Å². The smallest absolute Gasteiger partial charge is 0.123 e. The lowest BCUT2D eigenvalue weighted by Gasteiger charge is -2.25. The zero-order chi connectivity index (χ0) is 15.1. The molecule has 3 heteroatoms. The van der Waals surface area contributed by atoms with Crippen molar-refractivity contribution in [1.82, 2.24) is 5.32 Å². The monoisotopic (exact) mass is 296 g/mol. The van der Waals surface area contributed by atoms with Gasteiger partial charge in [-0.05, 0) is 66.8 Å². The van der Waals surface area contributed by atoms with E-state index in [4.69, 9.17) is 0 Å². The number of benzene rings is 2. The summed E-state index contributed by atoms with van der Waals surface area (Å²) in [6.07, 6.45) is 2.36. The van der Waals surface area contributed by atoms with Crippen LogP contribution in [0.15, 0.2) is 36.4 Å². The molecule has 2 aliphatic rings. The van der Waals surface area contributed by atoms with E-state index < -0.39 is 0 Å². The van der Waals surface area contributed by atoms with E-state index in [-0.39, 0.29) is 5.82 Å². The molecule has 0 saturated carbocycles. The van der Waals surface area contributed by atoms with Gasteiger partial charge in [0.25, 0.3) is 0 Å². The summed E-state index contributed by atoms with van der Waals surface area (Å²) in [5, 5.41) is 3.48. The van der Waals surface area contributed by atoms with Crippen molar-refractivity contribution in [2.75, 3.05) is 24.5 Å². The predicted molar refractivity (Wildman–Crippen MR) is 88.9 cm³/mol. The van der Waals surface area contributed by atoms with Crippen LogP contribution in [0.1, 0.15) is 17.5 Å². The van der Waals surface area contributed by atoms with Crippen LogP contribution in [0, 0.1) is 12.7 Å².